The van der Waals surface area contributed by atoms with Crippen molar-refractivity contribution in [3.63, 3.8) is 0 Å². The van der Waals surface area contributed by atoms with Crippen molar-refractivity contribution in [3.8, 4) is 0 Å². The second-order valence-electron chi connectivity index (χ2n) is 5.66. The lowest BCUT2D eigenvalue weighted by molar-refractivity contribution is -0.111. The Morgan fingerprint density at radius 2 is 1.96 bits per heavy atom. The Balaban J connectivity index is 1.53. The Morgan fingerprint density at radius 3 is 2.65 bits per heavy atom. The van der Waals surface area contributed by atoms with Crippen LogP contribution in [0.4, 0.5) is 5.69 Å². The van der Waals surface area contributed by atoms with E-state index in [1.165, 1.54) is 36.7 Å². The first-order valence-electron chi connectivity index (χ1n) is 7.95. The molecule has 3 nitrogen and oxygen atoms in total. The van der Waals surface area contributed by atoms with Crippen LogP contribution >= 0.6 is 11.8 Å². The fraction of sp³-hybridized carbons (Fsp3) is 0.263. The van der Waals surface area contributed by atoms with Gasteiger partial charge >= 0.3 is 0 Å². The second-order valence-corrected chi connectivity index (χ2v) is 7.03. The predicted molar refractivity (Wildman–Crippen MR) is 96.5 cm³/mol. The molecule has 3 rings (SSSR count). The Kier molecular flexibility index (Phi) is 5.48. The van der Waals surface area contributed by atoms with Crippen molar-refractivity contribution in [2.45, 2.75) is 35.8 Å². The molecule has 0 radical (unpaired) electrons. The number of carbonyl (C=O) groups is 1. The van der Waals surface area contributed by atoms with Gasteiger partial charge in [0.25, 0.3) is 0 Å². The van der Waals surface area contributed by atoms with Crippen LogP contribution in [0.5, 0.6) is 0 Å². The number of pyridine rings is 1. The van der Waals surface area contributed by atoms with Crippen LogP contribution in [0.15, 0.2) is 59.8 Å². The van der Waals surface area contributed by atoms with E-state index in [2.05, 4.69) is 22.4 Å². The summed E-state index contributed by atoms with van der Waals surface area (Å²) in [6.45, 7) is 0. The van der Waals surface area contributed by atoms with Crippen LogP contribution in [0.3, 0.4) is 0 Å². The highest BCUT2D eigenvalue weighted by atomic mass is 32.2. The Morgan fingerprint density at radius 1 is 1.17 bits per heavy atom. The molecule has 118 valence electrons. The molecular weight excluding hydrogens is 304 g/mol. The zero-order chi connectivity index (χ0) is 15.9. The van der Waals surface area contributed by atoms with Gasteiger partial charge in [0.1, 0.15) is 0 Å². The number of aromatic nitrogens is 1. The first-order valence-corrected chi connectivity index (χ1v) is 8.83. The minimum atomic E-state index is -0.134. The van der Waals surface area contributed by atoms with Gasteiger partial charge in [-0.25, -0.2) is 0 Å². The van der Waals surface area contributed by atoms with Gasteiger partial charge in [0.15, 0.2) is 0 Å². The molecule has 0 aliphatic heterocycles. The maximum atomic E-state index is 11.9. The SMILES string of the molecule is O=C(/C=C/c1cccnc1)Nc1ccc(SC2CCCC2)cc1. The summed E-state index contributed by atoms with van der Waals surface area (Å²) in [7, 11) is 0. The molecule has 1 amide bonds. The zero-order valence-electron chi connectivity index (χ0n) is 12.9. The summed E-state index contributed by atoms with van der Waals surface area (Å²) in [5, 5.41) is 3.64. The van der Waals surface area contributed by atoms with Crippen molar-refractivity contribution in [2.75, 3.05) is 5.32 Å². The van der Waals surface area contributed by atoms with Crippen molar-refractivity contribution in [1.29, 1.82) is 0 Å². The molecule has 1 aromatic heterocycles. The van der Waals surface area contributed by atoms with Gasteiger partial charge in [0.2, 0.25) is 5.91 Å². The molecule has 0 bridgehead atoms. The fourth-order valence-corrected chi connectivity index (χ4v) is 3.89. The number of thioether (sulfide) groups is 1. The number of carbonyl (C=O) groups excluding carboxylic acids is 1. The molecule has 1 saturated carbocycles. The highest BCUT2D eigenvalue weighted by Crippen LogP contribution is 2.34. The lowest BCUT2D eigenvalue weighted by Gasteiger charge is -2.09. The molecule has 0 spiro atoms. The van der Waals surface area contributed by atoms with E-state index in [0.717, 1.165) is 16.5 Å². The predicted octanol–water partition coefficient (Wildman–Crippen LogP) is 4.77. The van der Waals surface area contributed by atoms with Crippen LogP contribution in [-0.4, -0.2) is 16.1 Å². The number of benzene rings is 1. The van der Waals surface area contributed by atoms with E-state index in [9.17, 15) is 4.79 Å². The van der Waals surface area contributed by atoms with Gasteiger partial charge in [0, 0.05) is 34.3 Å². The summed E-state index contributed by atoms with van der Waals surface area (Å²) in [5.74, 6) is -0.134. The molecule has 2 aromatic rings. The monoisotopic (exact) mass is 324 g/mol. The third-order valence-corrected chi connectivity index (χ3v) is 5.19. The molecule has 4 heteroatoms. The van der Waals surface area contributed by atoms with E-state index in [1.54, 1.807) is 18.5 Å². The first-order chi connectivity index (χ1) is 11.3. The number of nitrogens with one attached hydrogen (secondary N) is 1. The lowest BCUT2D eigenvalue weighted by Crippen LogP contribution is -2.07. The average Bonchev–Trinajstić information content (AvgIpc) is 3.09. The minimum Gasteiger partial charge on any atom is -0.323 e. The first kappa shape index (κ1) is 15.8. The van der Waals surface area contributed by atoms with Crippen molar-refractivity contribution in [2.24, 2.45) is 0 Å². The number of anilines is 1. The zero-order valence-corrected chi connectivity index (χ0v) is 13.8. The van der Waals surface area contributed by atoms with E-state index >= 15 is 0 Å². The van der Waals surface area contributed by atoms with E-state index < -0.39 is 0 Å². The van der Waals surface area contributed by atoms with Crippen LogP contribution in [-0.2, 0) is 4.79 Å². The van der Waals surface area contributed by atoms with Gasteiger partial charge < -0.3 is 5.32 Å². The summed E-state index contributed by atoms with van der Waals surface area (Å²) in [4.78, 5) is 17.2. The summed E-state index contributed by atoms with van der Waals surface area (Å²) < 4.78 is 0. The third-order valence-electron chi connectivity index (χ3n) is 3.84. The fourth-order valence-electron chi connectivity index (χ4n) is 2.65. The maximum Gasteiger partial charge on any atom is 0.248 e. The number of amides is 1. The van der Waals surface area contributed by atoms with Gasteiger partial charge in [-0.05, 0) is 54.8 Å². The molecule has 1 heterocycles. The van der Waals surface area contributed by atoms with E-state index in [0.29, 0.717) is 0 Å². The molecule has 23 heavy (non-hydrogen) atoms. The molecule has 0 unspecified atom stereocenters. The van der Waals surface area contributed by atoms with Gasteiger partial charge in [-0.3, -0.25) is 9.78 Å². The number of nitrogens with zero attached hydrogens (tertiary/aromatic N) is 1. The molecule has 1 aromatic carbocycles. The molecule has 0 saturated heterocycles. The van der Waals surface area contributed by atoms with Crippen molar-refractivity contribution >= 4 is 29.4 Å². The molecular formula is C19H20N2OS. The summed E-state index contributed by atoms with van der Waals surface area (Å²) >= 11 is 1.95. The summed E-state index contributed by atoms with van der Waals surface area (Å²) in [6, 6.07) is 11.9. The van der Waals surface area contributed by atoms with Gasteiger partial charge in [0.05, 0.1) is 0 Å². The molecule has 1 N–H and O–H groups in total. The number of rotatable bonds is 5. The lowest BCUT2D eigenvalue weighted by atomic mass is 10.2. The van der Waals surface area contributed by atoms with E-state index in [-0.39, 0.29) is 5.91 Å². The molecule has 1 aliphatic carbocycles. The van der Waals surface area contributed by atoms with Crippen LogP contribution in [0, 0.1) is 0 Å². The highest BCUT2D eigenvalue weighted by molar-refractivity contribution is 8.00. The van der Waals surface area contributed by atoms with E-state index in [4.69, 9.17) is 0 Å². The quantitative estimate of drug-likeness (QED) is 0.806. The van der Waals surface area contributed by atoms with Crippen molar-refractivity contribution < 1.29 is 4.79 Å². The normalized spacial score (nSPS) is 15.1. The second kappa shape index (κ2) is 7.97. The van der Waals surface area contributed by atoms with Crippen LogP contribution in [0.1, 0.15) is 31.2 Å². The standard InChI is InChI=1S/C19H20N2OS/c22-19(12-7-15-4-3-13-20-14-15)21-16-8-10-18(11-9-16)23-17-5-1-2-6-17/h3-4,7-14,17H,1-2,5-6H2,(H,21,22)/b12-7+. The van der Waals surface area contributed by atoms with Gasteiger partial charge in [-0.1, -0.05) is 18.9 Å². The maximum absolute atomic E-state index is 11.9. The van der Waals surface area contributed by atoms with Crippen LogP contribution in [0.2, 0.25) is 0 Å². The molecule has 1 aliphatic rings. The number of hydrogen-bond acceptors (Lipinski definition) is 3. The topological polar surface area (TPSA) is 42.0 Å². The van der Waals surface area contributed by atoms with Gasteiger partial charge in [-0.2, -0.15) is 0 Å². The van der Waals surface area contributed by atoms with Crippen molar-refractivity contribution in [3.05, 3.63) is 60.4 Å². The van der Waals surface area contributed by atoms with Crippen LogP contribution < -0.4 is 5.32 Å². The highest BCUT2D eigenvalue weighted by Gasteiger charge is 2.15. The van der Waals surface area contributed by atoms with Gasteiger partial charge in [-0.15, -0.1) is 11.8 Å². The Hall–Kier alpha value is -2.07. The smallest absolute Gasteiger partial charge is 0.248 e. The molecule has 1 fully saturated rings. The van der Waals surface area contributed by atoms with Crippen molar-refractivity contribution in [1.82, 2.24) is 4.98 Å². The summed E-state index contributed by atoms with van der Waals surface area (Å²) in [6.07, 6.45) is 12.1. The third kappa shape index (κ3) is 4.96. The largest absolute Gasteiger partial charge is 0.323 e. The van der Waals surface area contributed by atoms with Crippen LogP contribution in [0.25, 0.3) is 6.08 Å². The Labute approximate surface area is 141 Å². The molecule has 0 atom stereocenters. The Bertz CT molecular complexity index is 662. The van der Waals surface area contributed by atoms with E-state index in [1.807, 2.05) is 36.0 Å². The minimum absolute atomic E-state index is 0.134. The number of hydrogen-bond donors (Lipinski definition) is 1. The average molecular weight is 324 g/mol. The summed E-state index contributed by atoms with van der Waals surface area (Å²) in [5.41, 5.74) is 1.73.